The highest BCUT2D eigenvalue weighted by atomic mass is 19.1. The molecule has 0 bridgehead atoms. The molecule has 2 N–H and O–H groups in total. The third-order valence-corrected chi connectivity index (χ3v) is 2.70. The summed E-state index contributed by atoms with van der Waals surface area (Å²) < 4.78 is 18.2. The molecule has 1 aliphatic heterocycles. The first-order valence-corrected chi connectivity index (χ1v) is 5.00. The quantitative estimate of drug-likeness (QED) is 0.717. The third kappa shape index (κ3) is 1.86. The highest BCUT2D eigenvalue weighted by Crippen LogP contribution is 2.29. The molecule has 0 aliphatic carbocycles. The lowest BCUT2D eigenvalue weighted by atomic mass is 9.94. The van der Waals surface area contributed by atoms with Crippen molar-refractivity contribution in [1.82, 2.24) is 5.32 Å². The zero-order valence-electron chi connectivity index (χ0n) is 8.79. The number of nitrogens with one attached hydrogen (secondary N) is 1. The number of hydrogen-bond acceptors (Lipinski definition) is 3. The van der Waals surface area contributed by atoms with E-state index < -0.39 is 12.4 Å². The molecule has 1 aliphatic rings. The average Bonchev–Trinajstić information content (AvgIpc) is 2.23. The van der Waals surface area contributed by atoms with Gasteiger partial charge in [0, 0.05) is 12.1 Å². The molecule has 4 nitrogen and oxygen atoms in total. The molecule has 1 atom stereocenters. The topological polar surface area (TPSA) is 58.6 Å². The van der Waals surface area contributed by atoms with Crippen LogP contribution in [0.25, 0.3) is 0 Å². The maximum Gasteiger partial charge on any atom is 0.507 e. The molecule has 1 unspecified atom stereocenters. The Morgan fingerprint density at radius 1 is 1.62 bits per heavy atom. The van der Waals surface area contributed by atoms with E-state index in [4.69, 9.17) is 9.84 Å². The Bertz CT molecular complexity index is 433. The van der Waals surface area contributed by atoms with Crippen molar-refractivity contribution in [1.29, 1.82) is 0 Å². The molecule has 0 radical (unpaired) electrons. The summed E-state index contributed by atoms with van der Waals surface area (Å²) in [6, 6.07) is 3.02. The fourth-order valence-electron chi connectivity index (χ4n) is 2.01. The molecule has 0 spiro atoms. The van der Waals surface area contributed by atoms with Gasteiger partial charge in [0.15, 0.2) is 6.23 Å². The van der Waals surface area contributed by atoms with Crippen molar-refractivity contribution >= 4 is 6.16 Å². The highest BCUT2D eigenvalue weighted by Gasteiger charge is 2.26. The molecule has 16 heavy (non-hydrogen) atoms. The standard InChI is InChI=1S/C11H12FNO3/c1-6-2-3-8(12)7-4-5-13-10(9(6)7)16-11(14)15/h2-3,10,13H,4-5H2,1H3,(H,14,15). The SMILES string of the molecule is Cc1ccc(F)c2c1C(OC(=O)O)NCC2. The summed E-state index contributed by atoms with van der Waals surface area (Å²) in [6.07, 6.45) is -1.59. The number of ether oxygens (including phenoxy) is 1. The van der Waals surface area contributed by atoms with Gasteiger partial charge < -0.3 is 9.84 Å². The van der Waals surface area contributed by atoms with Crippen LogP contribution in [-0.4, -0.2) is 17.8 Å². The van der Waals surface area contributed by atoms with E-state index in [-0.39, 0.29) is 5.82 Å². The summed E-state index contributed by atoms with van der Waals surface area (Å²) in [4.78, 5) is 10.5. The van der Waals surface area contributed by atoms with Crippen LogP contribution in [0.15, 0.2) is 12.1 Å². The Morgan fingerprint density at radius 2 is 2.38 bits per heavy atom. The second-order valence-corrected chi connectivity index (χ2v) is 3.72. The molecule has 0 fully saturated rings. The van der Waals surface area contributed by atoms with Crippen LogP contribution in [0.2, 0.25) is 0 Å². The lowest BCUT2D eigenvalue weighted by Gasteiger charge is -2.27. The zero-order valence-corrected chi connectivity index (χ0v) is 8.79. The number of halogens is 1. The van der Waals surface area contributed by atoms with Gasteiger partial charge in [-0.15, -0.1) is 0 Å². The predicted molar refractivity (Wildman–Crippen MR) is 54.7 cm³/mol. The lowest BCUT2D eigenvalue weighted by Crippen LogP contribution is -2.34. The summed E-state index contributed by atoms with van der Waals surface area (Å²) in [7, 11) is 0. The molecule has 86 valence electrons. The molecule has 0 saturated heterocycles. The highest BCUT2D eigenvalue weighted by molar-refractivity contribution is 5.58. The number of carbonyl (C=O) groups is 1. The normalized spacial score (nSPS) is 19.0. The predicted octanol–water partition coefficient (Wildman–Crippen LogP) is 1.97. The first-order valence-electron chi connectivity index (χ1n) is 5.00. The summed E-state index contributed by atoms with van der Waals surface area (Å²) >= 11 is 0. The van der Waals surface area contributed by atoms with Crippen LogP contribution in [0.5, 0.6) is 0 Å². The Balaban J connectivity index is 2.44. The van der Waals surface area contributed by atoms with Gasteiger partial charge in [-0.25, -0.2) is 9.18 Å². The lowest BCUT2D eigenvalue weighted by molar-refractivity contribution is 0.0326. The van der Waals surface area contributed by atoms with E-state index in [1.807, 2.05) is 6.92 Å². The monoisotopic (exact) mass is 225 g/mol. The van der Waals surface area contributed by atoms with Crippen molar-refractivity contribution in [2.24, 2.45) is 0 Å². The fraction of sp³-hybridized carbons (Fsp3) is 0.364. The van der Waals surface area contributed by atoms with E-state index in [9.17, 15) is 9.18 Å². The van der Waals surface area contributed by atoms with Gasteiger partial charge in [-0.3, -0.25) is 5.32 Å². The molecule has 5 heteroatoms. The van der Waals surface area contributed by atoms with Crippen LogP contribution in [0.1, 0.15) is 22.9 Å². The number of hydrogen-bond donors (Lipinski definition) is 2. The fourth-order valence-corrected chi connectivity index (χ4v) is 2.01. The van der Waals surface area contributed by atoms with E-state index >= 15 is 0 Å². The minimum absolute atomic E-state index is 0.305. The third-order valence-electron chi connectivity index (χ3n) is 2.70. The summed E-state index contributed by atoms with van der Waals surface area (Å²) in [5, 5.41) is 11.5. The van der Waals surface area contributed by atoms with Gasteiger partial charge in [0.25, 0.3) is 0 Å². The van der Waals surface area contributed by atoms with E-state index in [1.165, 1.54) is 6.07 Å². The van der Waals surface area contributed by atoms with Crippen molar-refractivity contribution in [2.75, 3.05) is 6.54 Å². The maximum absolute atomic E-state index is 13.5. The van der Waals surface area contributed by atoms with Crippen molar-refractivity contribution in [3.8, 4) is 0 Å². The average molecular weight is 225 g/mol. The van der Waals surface area contributed by atoms with Gasteiger partial charge in [0.05, 0.1) is 0 Å². The first kappa shape index (κ1) is 10.9. The molecule has 1 aromatic rings. The molecule has 0 saturated carbocycles. The largest absolute Gasteiger partial charge is 0.507 e. The smallest absolute Gasteiger partial charge is 0.450 e. The van der Waals surface area contributed by atoms with E-state index in [1.54, 1.807) is 6.07 Å². The van der Waals surface area contributed by atoms with E-state index in [2.05, 4.69) is 5.32 Å². The number of aryl methyl sites for hydroxylation is 1. The number of fused-ring (bicyclic) bond motifs is 1. The van der Waals surface area contributed by atoms with Gasteiger partial charge in [-0.05, 0) is 30.5 Å². The Morgan fingerprint density at radius 3 is 3.06 bits per heavy atom. The molecular weight excluding hydrogens is 213 g/mol. The second kappa shape index (κ2) is 4.09. The number of rotatable bonds is 1. The molecule has 0 amide bonds. The summed E-state index contributed by atoms with van der Waals surface area (Å²) in [5.41, 5.74) is 1.98. The van der Waals surface area contributed by atoms with Gasteiger partial charge >= 0.3 is 6.16 Å². The molecule has 1 heterocycles. The van der Waals surface area contributed by atoms with Crippen LogP contribution in [0.3, 0.4) is 0 Å². The van der Waals surface area contributed by atoms with Crippen molar-refractivity contribution in [3.05, 3.63) is 34.6 Å². The molecule has 2 rings (SSSR count). The first-order chi connectivity index (χ1) is 7.59. The molecule has 1 aromatic carbocycles. The van der Waals surface area contributed by atoms with Crippen LogP contribution in [0, 0.1) is 12.7 Å². The maximum atomic E-state index is 13.5. The minimum atomic E-state index is -1.37. The van der Waals surface area contributed by atoms with Crippen LogP contribution >= 0.6 is 0 Å². The Labute approximate surface area is 92.0 Å². The van der Waals surface area contributed by atoms with Crippen LogP contribution in [-0.2, 0) is 11.2 Å². The Hall–Kier alpha value is -1.62. The summed E-state index contributed by atoms with van der Waals surface area (Å²) in [5.74, 6) is -0.305. The van der Waals surface area contributed by atoms with E-state index in [0.29, 0.717) is 24.1 Å². The van der Waals surface area contributed by atoms with Crippen molar-refractivity contribution in [3.63, 3.8) is 0 Å². The number of carboxylic acid groups (broad SMARTS) is 1. The van der Waals surface area contributed by atoms with Gasteiger partial charge in [0.1, 0.15) is 5.82 Å². The van der Waals surface area contributed by atoms with Crippen molar-refractivity contribution in [2.45, 2.75) is 19.6 Å². The van der Waals surface area contributed by atoms with Crippen LogP contribution in [0.4, 0.5) is 9.18 Å². The molecule has 0 aromatic heterocycles. The minimum Gasteiger partial charge on any atom is -0.450 e. The molecular formula is C11H12FNO3. The van der Waals surface area contributed by atoms with E-state index in [0.717, 1.165) is 5.56 Å². The zero-order chi connectivity index (χ0) is 11.7. The second-order valence-electron chi connectivity index (χ2n) is 3.72. The van der Waals surface area contributed by atoms with Crippen LogP contribution < -0.4 is 5.32 Å². The van der Waals surface area contributed by atoms with Gasteiger partial charge in [-0.1, -0.05) is 6.07 Å². The van der Waals surface area contributed by atoms with Gasteiger partial charge in [-0.2, -0.15) is 0 Å². The van der Waals surface area contributed by atoms with Crippen molar-refractivity contribution < 1.29 is 19.0 Å². The number of benzene rings is 1. The summed E-state index contributed by atoms with van der Waals surface area (Å²) in [6.45, 7) is 2.31. The Kier molecular flexibility index (Phi) is 2.78. The van der Waals surface area contributed by atoms with Gasteiger partial charge in [0.2, 0.25) is 0 Å².